The van der Waals surface area contributed by atoms with Crippen LogP contribution in [0.4, 0.5) is 0 Å². The summed E-state index contributed by atoms with van der Waals surface area (Å²) in [6.07, 6.45) is 3.45. The van der Waals surface area contributed by atoms with Gasteiger partial charge < -0.3 is 10.2 Å². The molecule has 100 valence electrons. The monoisotopic (exact) mass is 250 g/mol. The topological polar surface area (TPSA) is 57.5 Å². The molecule has 2 bridgehead atoms. The summed E-state index contributed by atoms with van der Waals surface area (Å²) in [5.41, 5.74) is -0.544. The maximum absolute atomic E-state index is 12.5. The molecule has 2 aliphatic rings. The lowest BCUT2D eigenvalue weighted by atomic mass is 9.56. The highest BCUT2D eigenvalue weighted by Gasteiger charge is 2.58. The number of carbonyl (C=O) groups is 1. The summed E-state index contributed by atoms with van der Waals surface area (Å²) < 4.78 is 0. The molecule has 1 unspecified atom stereocenters. The van der Waals surface area contributed by atoms with Gasteiger partial charge in [-0.3, -0.25) is 4.79 Å². The van der Waals surface area contributed by atoms with Gasteiger partial charge in [0.1, 0.15) is 5.60 Å². The van der Waals surface area contributed by atoms with Gasteiger partial charge in [0.05, 0.1) is 11.5 Å². The van der Waals surface area contributed by atoms with E-state index in [1.165, 1.54) is 0 Å². The Labute approximate surface area is 108 Å². The normalized spacial score (nSPS) is 43.8. The molecular weight excluding hydrogens is 228 g/mol. The minimum absolute atomic E-state index is 0.275. The first-order valence-corrected chi connectivity index (χ1v) is 6.50. The maximum atomic E-state index is 12.5. The molecule has 2 fully saturated rings. The number of aliphatic hydroxyl groups is 2. The first-order chi connectivity index (χ1) is 8.18. The Morgan fingerprint density at radius 3 is 2.61 bits per heavy atom. The quantitative estimate of drug-likeness (QED) is 0.700. The molecule has 0 aromatic heterocycles. The van der Waals surface area contributed by atoms with Crippen LogP contribution >= 0.6 is 0 Å². The molecule has 2 rings (SSSR count). The Balaban J connectivity index is 2.48. The molecule has 0 aliphatic heterocycles. The molecule has 0 heterocycles. The Hall–Kier alpha value is -0.930. The van der Waals surface area contributed by atoms with Crippen molar-refractivity contribution in [3.05, 3.63) is 23.8 Å². The zero-order valence-corrected chi connectivity index (χ0v) is 11.4. The molecule has 0 spiro atoms. The maximum Gasteiger partial charge on any atom is 0.174 e. The molecule has 0 radical (unpaired) electrons. The van der Waals surface area contributed by atoms with Crippen LogP contribution in [0.15, 0.2) is 23.8 Å². The molecule has 0 saturated heterocycles. The fourth-order valence-electron chi connectivity index (χ4n) is 3.32. The lowest BCUT2D eigenvalue weighted by Crippen LogP contribution is -2.62. The molecule has 3 nitrogen and oxygen atoms in total. The number of ketones is 1. The lowest BCUT2D eigenvalue weighted by molar-refractivity contribution is -0.171. The average Bonchev–Trinajstić information content (AvgIpc) is 2.26. The van der Waals surface area contributed by atoms with Gasteiger partial charge in [-0.25, -0.2) is 0 Å². The van der Waals surface area contributed by atoms with Crippen molar-refractivity contribution in [3.8, 4) is 0 Å². The molecule has 3 heteroatoms. The van der Waals surface area contributed by atoms with Gasteiger partial charge in [0.15, 0.2) is 5.78 Å². The molecule has 2 N–H and O–H groups in total. The Morgan fingerprint density at radius 1 is 1.44 bits per heavy atom. The summed E-state index contributed by atoms with van der Waals surface area (Å²) in [7, 11) is 0. The van der Waals surface area contributed by atoms with Crippen molar-refractivity contribution in [1.82, 2.24) is 0 Å². The van der Waals surface area contributed by atoms with E-state index in [0.29, 0.717) is 19.3 Å². The first-order valence-electron chi connectivity index (χ1n) is 6.50. The predicted octanol–water partition coefficient (Wildman–Crippen LogP) is 1.99. The van der Waals surface area contributed by atoms with Gasteiger partial charge in [0, 0.05) is 5.92 Å². The summed E-state index contributed by atoms with van der Waals surface area (Å²) in [5.74, 6) is -1.18. The van der Waals surface area contributed by atoms with Crippen molar-refractivity contribution in [3.63, 3.8) is 0 Å². The Bertz CT molecular complexity index is 429. The van der Waals surface area contributed by atoms with E-state index in [2.05, 4.69) is 6.58 Å². The minimum Gasteiger partial charge on any atom is -0.389 e. The summed E-state index contributed by atoms with van der Waals surface area (Å²) >= 11 is 0. The van der Waals surface area contributed by atoms with Crippen LogP contribution in [-0.4, -0.2) is 27.2 Å². The fraction of sp³-hybridized carbons (Fsp3) is 0.667. The van der Waals surface area contributed by atoms with E-state index in [4.69, 9.17) is 0 Å². The van der Waals surface area contributed by atoms with Crippen LogP contribution in [0.5, 0.6) is 0 Å². The van der Waals surface area contributed by atoms with E-state index in [1.54, 1.807) is 13.0 Å². The number of rotatable bonds is 1. The van der Waals surface area contributed by atoms with Crippen LogP contribution in [0.25, 0.3) is 0 Å². The molecule has 18 heavy (non-hydrogen) atoms. The molecule has 4 atom stereocenters. The number of hydrogen-bond acceptors (Lipinski definition) is 3. The lowest BCUT2D eigenvalue weighted by Gasteiger charge is -2.52. The van der Waals surface area contributed by atoms with Crippen LogP contribution in [0.1, 0.15) is 40.0 Å². The summed E-state index contributed by atoms with van der Waals surface area (Å²) in [6.45, 7) is 9.30. The zero-order valence-electron chi connectivity index (χ0n) is 11.4. The van der Waals surface area contributed by atoms with Crippen molar-refractivity contribution < 1.29 is 15.0 Å². The van der Waals surface area contributed by atoms with Crippen LogP contribution in [0.3, 0.4) is 0 Å². The molecule has 2 aliphatic carbocycles. The number of allylic oxidation sites excluding steroid dienone is 1. The van der Waals surface area contributed by atoms with Gasteiger partial charge in [-0.05, 0) is 40.0 Å². The Kier molecular flexibility index (Phi) is 3.03. The van der Waals surface area contributed by atoms with Gasteiger partial charge >= 0.3 is 0 Å². The SMILES string of the molecule is C=C1CCC2(O)C[C@@H]1[C@@](C)(O)C(=O)[C@H]2C=C(C)C. The van der Waals surface area contributed by atoms with E-state index in [9.17, 15) is 15.0 Å². The largest absolute Gasteiger partial charge is 0.389 e. The molecule has 0 amide bonds. The third-order valence-corrected chi connectivity index (χ3v) is 4.47. The number of hydrogen-bond donors (Lipinski definition) is 2. The molecule has 2 saturated carbocycles. The summed E-state index contributed by atoms with van der Waals surface area (Å²) in [5, 5.41) is 21.2. The third-order valence-electron chi connectivity index (χ3n) is 4.47. The van der Waals surface area contributed by atoms with Crippen molar-refractivity contribution >= 4 is 5.78 Å². The minimum atomic E-state index is -1.40. The smallest absolute Gasteiger partial charge is 0.174 e. The predicted molar refractivity (Wildman–Crippen MR) is 70.0 cm³/mol. The number of carbonyl (C=O) groups excluding carboxylic acids is 1. The van der Waals surface area contributed by atoms with E-state index in [-0.39, 0.29) is 11.7 Å². The van der Waals surface area contributed by atoms with Gasteiger partial charge in [-0.1, -0.05) is 23.8 Å². The van der Waals surface area contributed by atoms with Crippen molar-refractivity contribution in [2.24, 2.45) is 11.8 Å². The average molecular weight is 250 g/mol. The second-order valence-corrected chi connectivity index (χ2v) is 6.25. The zero-order chi connectivity index (χ0) is 13.7. The molecule has 0 aromatic rings. The number of Topliss-reactive ketones (excluding diaryl/α,β-unsaturated/α-hetero) is 1. The van der Waals surface area contributed by atoms with Crippen LogP contribution in [0, 0.1) is 11.8 Å². The Morgan fingerprint density at radius 2 is 2.06 bits per heavy atom. The fourth-order valence-corrected chi connectivity index (χ4v) is 3.32. The first kappa shape index (κ1) is 13.5. The van der Waals surface area contributed by atoms with Gasteiger partial charge in [0.25, 0.3) is 0 Å². The van der Waals surface area contributed by atoms with Gasteiger partial charge in [-0.2, -0.15) is 0 Å². The van der Waals surface area contributed by atoms with Crippen molar-refractivity contribution in [1.29, 1.82) is 0 Å². The summed E-state index contributed by atoms with van der Waals surface area (Å²) in [6, 6.07) is 0. The standard InChI is InChI=1S/C15H22O3/c1-9(2)7-11-13(16)14(4,17)12-8-15(11,18)6-5-10(12)3/h7,11-12,17-18H,3,5-6,8H2,1-2,4H3/t11-,12+,14-,15?/m1/s1. The summed E-state index contributed by atoms with van der Waals surface area (Å²) in [4.78, 5) is 12.5. The van der Waals surface area contributed by atoms with Crippen molar-refractivity contribution in [2.45, 2.75) is 51.2 Å². The second-order valence-electron chi connectivity index (χ2n) is 6.25. The number of fused-ring (bicyclic) bond motifs is 2. The van der Waals surface area contributed by atoms with Crippen molar-refractivity contribution in [2.75, 3.05) is 0 Å². The molecule has 0 aromatic carbocycles. The molecular formula is C15H22O3. The third kappa shape index (κ3) is 1.86. The highest BCUT2D eigenvalue weighted by Crippen LogP contribution is 2.51. The van der Waals surface area contributed by atoms with E-state index < -0.39 is 17.1 Å². The van der Waals surface area contributed by atoms with E-state index >= 15 is 0 Å². The van der Waals surface area contributed by atoms with Crippen LogP contribution in [-0.2, 0) is 4.79 Å². The van der Waals surface area contributed by atoms with Gasteiger partial charge in [-0.15, -0.1) is 0 Å². The van der Waals surface area contributed by atoms with E-state index in [1.807, 2.05) is 13.8 Å². The second kappa shape index (κ2) is 4.04. The highest BCUT2D eigenvalue weighted by atomic mass is 16.3. The van der Waals surface area contributed by atoms with Crippen LogP contribution in [0.2, 0.25) is 0 Å². The van der Waals surface area contributed by atoms with Crippen LogP contribution < -0.4 is 0 Å². The highest BCUT2D eigenvalue weighted by molar-refractivity contribution is 5.93. The van der Waals surface area contributed by atoms with Gasteiger partial charge in [0.2, 0.25) is 0 Å². The van der Waals surface area contributed by atoms with E-state index in [0.717, 1.165) is 11.1 Å².